The Hall–Kier alpha value is -2.41. The summed E-state index contributed by atoms with van der Waals surface area (Å²) < 4.78 is 0. The smallest absolute Gasteiger partial charge is 0.335 e. The third kappa shape index (κ3) is 4.06. The van der Waals surface area contributed by atoms with Crippen LogP contribution < -0.4 is 10.6 Å². The predicted molar refractivity (Wildman–Crippen MR) is 74.6 cm³/mol. The summed E-state index contributed by atoms with van der Waals surface area (Å²) in [6.45, 7) is 0.696. The lowest BCUT2D eigenvalue weighted by atomic mass is 10.1. The van der Waals surface area contributed by atoms with Crippen LogP contribution in [0.3, 0.4) is 0 Å². The zero-order chi connectivity index (χ0) is 14.4. The van der Waals surface area contributed by atoms with Gasteiger partial charge in [-0.2, -0.15) is 0 Å². The standard InChI is InChI=1S/C13H13N3O3S/c17-12(18)10-3-1-2-9(4-10)5-15-13(19)16-7-11-6-14-8-20-11/h1-4,6,8H,5,7H2,(H,17,18)(H2,15,16,19). The fraction of sp³-hybridized carbons (Fsp3) is 0.154. The quantitative estimate of drug-likeness (QED) is 0.784. The lowest BCUT2D eigenvalue weighted by Crippen LogP contribution is -2.34. The molecule has 20 heavy (non-hydrogen) atoms. The Kier molecular flexibility index (Phi) is 4.67. The van der Waals surface area contributed by atoms with Gasteiger partial charge in [-0.3, -0.25) is 4.98 Å². The summed E-state index contributed by atoms with van der Waals surface area (Å²) in [4.78, 5) is 27.3. The summed E-state index contributed by atoms with van der Waals surface area (Å²) >= 11 is 1.47. The number of rotatable bonds is 5. The molecule has 0 aliphatic rings. The molecule has 6 nitrogen and oxygen atoms in total. The number of carboxylic acid groups (broad SMARTS) is 1. The minimum atomic E-state index is -0.985. The molecule has 2 amide bonds. The second-order valence-electron chi connectivity index (χ2n) is 4.01. The number of benzene rings is 1. The molecule has 7 heteroatoms. The van der Waals surface area contributed by atoms with E-state index in [0.717, 1.165) is 10.4 Å². The Morgan fingerprint density at radius 2 is 2.05 bits per heavy atom. The van der Waals surface area contributed by atoms with E-state index in [1.165, 1.54) is 23.5 Å². The number of hydrogen-bond donors (Lipinski definition) is 3. The maximum absolute atomic E-state index is 11.6. The molecule has 1 heterocycles. The normalized spacial score (nSPS) is 10.0. The first-order valence-corrected chi connectivity index (χ1v) is 6.74. The zero-order valence-electron chi connectivity index (χ0n) is 10.5. The van der Waals surface area contributed by atoms with Gasteiger partial charge >= 0.3 is 12.0 Å². The van der Waals surface area contributed by atoms with Crippen LogP contribution in [-0.2, 0) is 13.1 Å². The first kappa shape index (κ1) is 14.0. The highest BCUT2D eigenvalue weighted by Gasteiger charge is 2.05. The van der Waals surface area contributed by atoms with Crippen molar-refractivity contribution >= 4 is 23.3 Å². The van der Waals surface area contributed by atoms with Crippen molar-refractivity contribution in [1.82, 2.24) is 15.6 Å². The molecule has 1 aromatic heterocycles. The molecule has 0 radical (unpaired) electrons. The van der Waals surface area contributed by atoms with E-state index in [2.05, 4.69) is 15.6 Å². The number of carboxylic acids is 1. The highest BCUT2D eigenvalue weighted by molar-refractivity contribution is 7.09. The molecule has 0 aliphatic heterocycles. The van der Waals surface area contributed by atoms with E-state index in [0.29, 0.717) is 6.54 Å². The lowest BCUT2D eigenvalue weighted by Gasteiger charge is -2.07. The van der Waals surface area contributed by atoms with Crippen LogP contribution in [0.5, 0.6) is 0 Å². The van der Waals surface area contributed by atoms with Crippen molar-refractivity contribution in [3.63, 3.8) is 0 Å². The number of aromatic carboxylic acids is 1. The molecule has 2 rings (SSSR count). The molecule has 104 valence electrons. The molecule has 0 saturated heterocycles. The Bertz CT molecular complexity index is 599. The summed E-state index contributed by atoms with van der Waals surface area (Å²) in [6, 6.07) is 6.15. The van der Waals surface area contributed by atoms with E-state index in [9.17, 15) is 9.59 Å². The van der Waals surface area contributed by atoms with Crippen LogP contribution in [0.15, 0.2) is 36.0 Å². The van der Waals surface area contributed by atoms with Crippen LogP contribution in [0.2, 0.25) is 0 Å². The molecule has 3 N–H and O–H groups in total. The Balaban J connectivity index is 1.81. The predicted octanol–water partition coefficient (Wildman–Crippen LogP) is 1.84. The zero-order valence-corrected chi connectivity index (χ0v) is 11.3. The van der Waals surface area contributed by atoms with Gasteiger partial charge in [0.2, 0.25) is 0 Å². The Morgan fingerprint density at radius 3 is 2.75 bits per heavy atom. The molecule has 1 aromatic carbocycles. The van der Waals surface area contributed by atoms with Gasteiger partial charge in [0.25, 0.3) is 0 Å². The second-order valence-corrected chi connectivity index (χ2v) is 4.98. The van der Waals surface area contributed by atoms with Crippen LogP contribution in [0.1, 0.15) is 20.8 Å². The van der Waals surface area contributed by atoms with E-state index in [1.54, 1.807) is 23.8 Å². The van der Waals surface area contributed by atoms with Crippen LogP contribution >= 0.6 is 11.3 Å². The van der Waals surface area contributed by atoms with Crippen molar-refractivity contribution in [3.8, 4) is 0 Å². The van der Waals surface area contributed by atoms with Crippen molar-refractivity contribution in [2.45, 2.75) is 13.1 Å². The second kappa shape index (κ2) is 6.67. The van der Waals surface area contributed by atoms with E-state index in [-0.39, 0.29) is 18.1 Å². The van der Waals surface area contributed by atoms with E-state index in [4.69, 9.17) is 5.11 Å². The van der Waals surface area contributed by atoms with Gasteiger partial charge in [0.05, 0.1) is 17.6 Å². The molecule has 0 fully saturated rings. The fourth-order valence-corrected chi connectivity index (χ4v) is 2.09. The number of carbonyl (C=O) groups is 2. The van der Waals surface area contributed by atoms with E-state index < -0.39 is 5.97 Å². The fourth-order valence-electron chi connectivity index (χ4n) is 1.56. The molecule has 0 saturated carbocycles. The molecule has 0 aliphatic carbocycles. The van der Waals surface area contributed by atoms with Gasteiger partial charge in [0.15, 0.2) is 0 Å². The first-order chi connectivity index (χ1) is 9.65. The van der Waals surface area contributed by atoms with E-state index in [1.807, 2.05) is 0 Å². The van der Waals surface area contributed by atoms with Gasteiger partial charge in [-0.05, 0) is 17.7 Å². The number of aromatic nitrogens is 1. The monoisotopic (exact) mass is 291 g/mol. The van der Waals surface area contributed by atoms with Gasteiger partial charge < -0.3 is 15.7 Å². The number of hydrogen-bond acceptors (Lipinski definition) is 4. The highest BCUT2D eigenvalue weighted by Crippen LogP contribution is 2.06. The topological polar surface area (TPSA) is 91.3 Å². The average Bonchev–Trinajstić information content (AvgIpc) is 2.96. The highest BCUT2D eigenvalue weighted by atomic mass is 32.1. The van der Waals surface area contributed by atoms with Crippen molar-refractivity contribution in [1.29, 1.82) is 0 Å². The molecular formula is C13H13N3O3S. The maximum atomic E-state index is 11.6. The van der Waals surface area contributed by atoms with E-state index >= 15 is 0 Å². The van der Waals surface area contributed by atoms with Crippen LogP contribution in [0.25, 0.3) is 0 Å². The van der Waals surface area contributed by atoms with Crippen LogP contribution in [0.4, 0.5) is 4.79 Å². The van der Waals surface area contributed by atoms with Crippen molar-refractivity contribution in [2.24, 2.45) is 0 Å². The number of nitrogens with one attached hydrogen (secondary N) is 2. The molecule has 0 bridgehead atoms. The largest absolute Gasteiger partial charge is 0.478 e. The van der Waals surface area contributed by atoms with Crippen molar-refractivity contribution in [3.05, 3.63) is 52.0 Å². The van der Waals surface area contributed by atoms with Crippen LogP contribution in [-0.4, -0.2) is 22.1 Å². The summed E-state index contributed by atoms with van der Waals surface area (Å²) in [5.74, 6) is -0.985. The van der Waals surface area contributed by atoms with Gasteiger partial charge in [0, 0.05) is 17.6 Å². The molecule has 0 atom stereocenters. The molecule has 0 unspecified atom stereocenters. The van der Waals surface area contributed by atoms with Gasteiger partial charge in [-0.25, -0.2) is 9.59 Å². The number of carbonyl (C=O) groups excluding carboxylic acids is 1. The Morgan fingerprint density at radius 1 is 1.25 bits per heavy atom. The molecular weight excluding hydrogens is 278 g/mol. The van der Waals surface area contributed by atoms with Crippen molar-refractivity contribution < 1.29 is 14.7 Å². The average molecular weight is 291 g/mol. The SMILES string of the molecule is O=C(NCc1cccc(C(=O)O)c1)NCc1cncs1. The summed E-state index contributed by atoms with van der Waals surface area (Å²) in [7, 11) is 0. The van der Waals surface area contributed by atoms with Crippen LogP contribution in [0, 0.1) is 0 Å². The summed E-state index contributed by atoms with van der Waals surface area (Å²) in [5.41, 5.74) is 2.64. The lowest BCUT2D eigenvalue weighted by molar-refractivity contribution is 0.0696. The summed E-state index contributed by atoms with van der Waals surface area (Å²) in [6.07, 6.45) is 1.70. The van der Waals surface area contributed by atoms with Gasteiger partial charge in [-0.15, -0.1) is 11.3 Å². The molecule has 0 spiro atoms. The number of amides is 2. The maximum Gasteiger partial charge on any atom is 0.335 e. The minimum absolute atomic E-state index is 0.203. The first-order valence-electron chi connectivity index (χ1n) is 5.86. The summed E-state index contributed by atoms with van der Waals surface area (Å²) in [5, 5.41) is 14.2. The van der Waals surface area contributed by atoms with Crippen molar-refractivity contribution in [2.75, 3.05) is 0 Å². The van der Waals surface area contributed by atoms with Gasteiger partial charge in [0.1, 0.15) is 0 Å². The third-order valence-corrected chi connectivity index (χ3v) is 3.31. The Labute approximate surface area is 119 Å². The number of nitrogens with zero attached hydrogens (tertiary/aromatic N) is 1. The number of urea groups is 1. The molecule has 2 aromatic rings. The number of thiazole rings is 1. The van der Waals surface area contributed by atoms with Gasteiger partial charge in [-0.1, -0.05) is 12.1 Å². The minimum Gasteiger partial charge on any atom is -0.478 e. The third-order valence-electron chi connectivity index (χ3n) is 2.53.